The van der Waals surface area contributed by atoms with Crippen LogP contribution in [0.5, 0.6) is 0 Å². The molecule has 2 rings (SSSR count). The van der Waals surface area contributed by atoms with E-state index in [1.807, 2.05) is 19.2 Å². The van der Waals surface area contributed by atoms with Crippen LogP contribution in [0.25, 0.3) is 12.2 Å². The predicted molar refractivity (Wildman–Crippen MR) is 86.4 cm³/mol. The van der Waals surface area contributed by atoms with Crippen molar-refractivity contribution in [3.8, 4) is 6.19 Å². The number of nitriles is 1. The highest BCUT2D eigenvalue weighted by molar-refractivity contribution is 7.89. The first kappa shape index (κ1) is 16.3. The van der Waals surface area contributed by atoms with E-state index in [1.165, 1.54) is 0 Å². The average molecular weight is 317 g/mol. The highest BCUT2D eigenvalue weighted by Crippen LogP contribution is 2.12. The van der Waals surface area contributed by atoms with Crippen molar-refractivity contribution in [2.24, 2.45) is 0 Å². The molecule has 22 heavy (non-hydrogen) atoms. The Labute approximate surface area is 130 Å². The molecule has 1 unspecified atom stereocenters. The number of nitrogens with zero attached hydrogens (tertiary/aromatic N) is 2. The van der Waals surface area contributed by atoms with E-state index in [-0.39, 0.29) is 10.9 Å². The van der Waals surface area contributed by atoms with Crippen molar-refractivity contribution in [1.29, 1.82) is 5.26 Å². The van der Waals surface area contributed by atoms with Crippen LogP contribution in [-0.4, -0.2) is 32.4 Å². The first-order valence-corrected chi connectivity index (χ1v) is 8.54. The molecule has 1 atom stereocenters. The van der Waals surface area contributed by atoms with Gasteiger partial charge in [-0.05, 0) is 35.9 Å². The number of sulfonamides is 1. The van der Waals surface area contributed by atoms with Gasteiger partial charge in [0.25, 0.3) is 0 Å². The van der Waals surface area contributed by atoms with Crippen molar-refractivity contribution in [2.45, 2.75) is 24.3 Å². The lowest BCUT2D eigenvalue weighted by Crippen LogP contribution is -2.37. The normalized spacial score (nSPS) is 20.2. The van der Waals surface area contributed by atoms with Crippen molar-refractivity contribution in [3.63, 3.8) is 0 Å². The van der Waals surface area contributed by atoms with Crippen molar-refractivity contribution in [2.75, 3.05) is 13.1 Å². The van der Waals surface area contributed by atoms with Crippen molar-refractivity contribution >= 4 is 22.2 Å². The molecule has 116 valence electrons. The van der Waals surface area contributed by atoms with E-state index >= 15 is 0 Å². The standard InChI is InChI=1S/C16H19N3O2S/c1-3-5-14-10-16(7-6-13(14)4-2)22(20,21)18-15-8-9-19(11-15)12-17/h3-7,10,15,18H,1,8-9,11H2,2H3/b13-4-,14-5-. The van der Waals surface area contributed by atoms with Crippen molar-refractivity contribution in [1.82, 2.24) is 9.62 Å². The fraction of sp³-hybridized carbons (Fsp3) is 0.312. The molecule has 1 aliphatic heterocycles. The van der Waals surface area contributed by atoms with Gasteiger partial charge in [-0.15, -0.1) is 0 Å². The number of hydrogen-bond donors (Lipinski definition) is 1. The number of rotatable bonds is 4. The van der Waals surface area contributed by atoms with E-state index in [0.717, 1.165) is 10.4 Å². The number of hydrogen-bond acceptors (Lipinski definition) is 4. The van der Waals surface area contributed by atoms with E-state index in [1.54, 1.807) is 35.3 Å². The van der Waals surface area contributed by atoms with Crippen LogP contribution in [0.1, 0.15) is 13.3 Å². The van der Waals surface area contributed by atoms with Crippen LogP contribution >= 0.6 is 0 Å². The summed E-state index contributed by atoms with van der Waals surface area (Å²) in [5, 5.41) is 10.6. The molecule has 6 heteroatoms. The van der Waals surface area contributed by atoms with Crippen LogP contribution < -0.4 is 15.2 Å². The molecule has 1 saturated heterocycles. The summed E-state index contributed by atoms with van der Waals surface area (Å²) in [6.07, 6.45) is 8.01. The molecular weight excluding hydrogens is 298 g/mol. The highest BCUT2D eigenvalue weighted by Gasteiger charge is 2.26. The summed E-state index contributed by atoms with van der Waals surface area (Å²) in [6, 6.07) is 4.78. The molecule has 1 heterocycles. The predicted octanol–water partition coefficient (Wildman–Crippen LogP) is 0.287. The lowest BCUT2D eigenvalue weighted by atomic mass is 10.2. The van der Waals surface area contributed by atoms with E-state index < -0.39 is 10.0 Å². The van der Waals surface area contributed by atoms with Crippen molar-refractivity contribution < 1.29 is 8.42 Å². The van der Waals surface area contributed by atoms with E-state index in [9.17, 15) is 8.42 Å². The van der Waals surface area contributed by atoms with E-state index in [4.69, 9.17) is 5.26 Å². The van der Waals surface area contributed by atoms with Crippen molar-refractivity contribution in [3.05, 3.63) is 41.3 Å². The van der Waals surface area contributed by atoms with Crippen LogP contribution in [-0.2, 0) is 10.0 Å². The average Bonchev–Trinajstić information content (AvgIpc) is 2.94. The SMILES string of the molecule is C=C/C=c1/cc(S(=O)(=O)NC2CCN(C#N)C2)cc/c1=C/C. The molecule has 0 aliphatic carbocycles. The zero-order valence-corrected chi connectivity index (χ0v) is 13.3. The maximum atomic E-state index is 12.5. The van der Waals surface area contributed by atoms with Crippen LogP contribution in [0.15, 0.2) is 35.7 Å². The monoisotopic (exact) mass is 317 g/mol. The Morgan fingerprint density at radius 3 is 2.82 bits per heavy atom. The molecule has 1 fully saturated rings. The highest BCUT2D eigenvalue weighted by atomic mass is 32.2. The van der Waals surface area contributed by atoms with Gasteiger partial charge in [-0.2, -0.15) is 5.26 Å². The Bertz CT molecular complexity index is 822. The molecule has 0 amide bonds. The number of nitrogens with one attached hydrogen (secondary N) is 1. The number of benzene rings is 1. The molecule has 0 spiro atoms. The largest absolute Gasteiger partial charge is 0.309 e. The van der Waals surface area contributed by atoms with Gasteiger partial charge in [0, 0.05) is 19.1 Å². The lowest BCUT2D eigenvalue weighted by Gasteiger charge is -2.13. The van der Waals surface area contributed by atoms with E-state index in [0.29, 0.717) is 19.5 Å². The van der Waals surface area contributed by atoms with Crippen LogP contribution in [0.4, 0.5) is 0 Å². The third-order valence-electron chi connectivity index (χ3n) is 3.63. The first-order valence-electron chi connectivity index (χ1n) is 7.06. The van der Waals surface area contributed by atoms with Crippen LogP contribution in [0.3, 0.4) is 0 Å². The molecule has 1 aromatic carbocycles. The van der Waals surface area contributed by atoms with Gasteiger partial charge in [0.05, 0.1) is 4.90 Å². The summed E-state index contributed by atoms with van der Waals surface area (Å²) in [5.41, 5.74) is 0. The third-order valence-corrected chi connectivity index (χ3v) is 5.15. The first-order chi connectivity index (χ1) is 10.5. The maximum absolute atomic E-state index is 12.5. The molecule has 5 nitrogen and oxygen atoms in total. The molecular formula is C16H19N3O2S. The fourth-order valence-electron chi connectivity index (χ4n) is 2.49. The van der Waals surface area contributed by atoms with Gasteiger partial charge in [-0.1, -0.05) is 30.9 Å². The minimum absolute atomic E-state index is 0.224. The lowest BCUT2D eigenvalue weighted by molar-refractivity contribution is 0.470. The molecule has 0 saturated carbocycles. The summed E-state index contributed by atoms with van der Waals surface area (Å²) in [5.74, 6) is 0. The summed E-state index contributed by atoms with van der Waals surface area (Å²) >= 11 is 0. The van der Waals surface area contributed by atoms with Gasteiger partial charge in [0.1, 0.15) is 0 Å². The molecule has 0 radical (unpaired) electrons. The Balaban J connectivity index is 2.31. The third kappa shape index (κ3) is 3.56. The van der Waals surface area contributed by atoms with Gasteiger partial charge in [0.2, 0.25) is 10.0 Å². The Morgan fingerprint density at radius 1 is 1.45 bits per heavy atom. The Kier molecular flexibility index (Phi) is 5.01. The zero-order valence-electron chi connectivity index (χ0n) is 12.5. The second-order valence-electron chi connectivity index (χ2n) is 5.13. The zero-order chi connectivity index (χ0) is 16.2. The number of allylic oxidation sites excluding steroid dienone is 1. The Morgan fingerprint density at radius 2 is 2.23 bits per heavy atom. The van der Waals surface area contributed by atoms with Crippen LogP contribution in [0, 0.1) is 11.5 Å². The van der Waals surface area contributed by atoms with Gasteiger partial charge >= 0.3 is 0 Å². The van der Waals surface area contributed by atoms with Gasteiger partial charge < -0.3 is 4.90 Å². The quantitative estimate of drug-likeness (QED) is 0.810. The topological polar surface area (TPSA) is 73.2 Å². The molecule has 0 bridgehead atoms. The van der Waals surface area contributed by atoms with Gasteiger partial charge in [-0.3, -0.25) is 0 Å². The summed E-state index contributed by atoms with van der Waals surface area (Å²) < 4.78 is 27.6. The summed E-state index contributed by atoms with van der Waals surface area (Å²) in [4.78, 5) is 1.78. The van der Waals surface area contributed by atoms with Crippen LogP contribution in [0.2, 0.25) is 0 Å². The molecule has 1 N–H and O–H groups in total. The molecule has 1 aromatic rings. The second kappa shape index (κ2) is 6.77. The fourth-order valence-corrected chi connectivity index (χ4v) is 3.79. The minimum atomic E-state index is -3.60. The Hall–Kier alpha value is -2.10. The summed E-state index contributed by atoms with van der Waals surface area (Å²) in [6.45, 7) is 6.56. The minimum Gasteiger partial charge on any atom is -0.309 e. The second-order valence-corrected chi connectivity index (χ2v) is 6.85. The van der Waals surface area contributed by atoms with E-state index in [2.05, 4.69) is 11.3 Å². The molecule has 0 aromatic heterocycles. The smallest absolute Gasteiger partial charge is 0.240 e. The number of likely N-dealkylation sites (tertiary alicyclic amines) is 1. The van der Waals surface area contributed by atoms with Gasteiger partial charge in [0.15, 0.2) is 6.19 Å². The van der Waals surface area contributed by atoms with Gasteiger partial charge in [-0.25, -0.2) is 13.1 Å². The molecule has 1 aliphatic rings. The summed E-state index contributed by atoms with van der Waals surface area (Å²) in [7, 11) is -3.60. The maximum Gasteiger partial charge on any atom is 0.240 e.